The van der Waals surface area contributed by atoms with Crippen LogP contribution in [0.15, 0.2) is 28.7 Å². The van der Waals surface area contributed by atoms with Gasteiger partial charge in [0.05, 0.1) is 13.0 Å². The monoisotopic (exact) mass is 319 g/mol. The minimum Gasteiger partial charge on any atom is -0.469 e. The van der Waals surface area contributed by atoms with Crippen LogP contribution in [-0.2, 0) is 9.53 Å². The van der Waals surface area contributed by atoms with Gasteiger partial charge in [0.2, 0.25) is 0 Å². The Labute approximate surface area is 115 Å². The molecule has 3 nitrogen and oxygen atoms in total. The Hall–Kier alpha value is -0.580. The van der Waals surface area contributed by atoms with Crippen LogP contribution in [0.1, 0.15) is 11.5 Å². The van der Waals surface area contributed by atoms with Gasteiger partial charge in [0.1, 0.15) is 0 Å². The Morgan fingerprint density at radius 2 is 2.00 bits per heavy atom. The molecule has 1 N–H and O–H groups in total. The van der Waals surface area contributed by atoms with Crippen molar-refractivity contribution in [1.29, 1.82) is 0 Å². The van der Waals surface area contributed by atoms with Crippen molar-refractivity contribution in [2.24, 2.45) is 5.92 Å². The van der Waals surface area contributed by atoms with Gasteiger partial charge in [-0.25, -0.2) is 0 Å². The van der Waals surface area contributed by atoms with Gasteiger partial charge in [-0.05, 0) is 17.7 Å². The van der Waals surface area contributed by atoms with E-state index in [1.165, 1.54) is 12.7 Å². The summed E-state index contributed by atoms with van der Waals surface area (Å²) >= 11 is 3.40. The molecule has 17 heavy (non-hydrogen) atoms. The van der Waals surface area contributed by atoms with E-state index in [9.17, 15) is 4.79 Å². The van der Waals surface area contributed by atoms with Crippen molar-refractivity contribution in [3.63, 3.8) is 0 Å². The van der Waals surface area contributed by atoms with Crippen LogP contribution in [0.5, 0.6) is 0 Å². The normalized spacial score (nSPS) is 22.9. The van der Waals surface area contributed by atoms with Crippen LogP contribution in [0.25, 0.3) is 0 Å². The van der Waals surface area contributed by atoms with E-state index < -0.39 is 0 Å². The molecule has 1 aromatic carbocycles. The van der Waals surface area contributed by atoms with Gasteiger partial charge in [-0.2, -0.15) is 0 Å². The summed E-state index contributed by atoms with van der Waals surface area (Å²) in [5.74, 6) is 0.0321. The quantitative estimate of drug-likeness (QED) is 0.850. The molecule has 0 amide bonds. The molecule has 1 aromatic rings. The van der Waals surface area contributed by atoms with E-state index in [0.29, 0.717) is 6.54 Å². The molecule has 0 bridgehead atoms. The molecule has 1 aliphatic heterocycles. The Bertz CT molecular complexity index is 383. The lowest BCUT2D eigenvalue weighted by molar-refractivity contribution is -0.145. The fraction of sp³-hybridized carbons (Fsp3) is 0.417. The predicted octanol–water partition coefficient (Wildman–Crippen LogP) is 2.35. The molecule has 0 spiro atoms. The fourth-order valence-corrected chi connectivity index (χ4v) is 2.40. The van der Waals surface area contributed by atoms with Crippen LogP contribution in [-0.4, -0.2) is 26.2 Å². The second-order valence-corrected chi connectivity index (χ2v) is 4.86. The number of benzene rings is 1. The second kappa shape index (κ2) is 6.38. The maximum absolute atomic E-state index is 11.6. The molecule has 1 aliphatic rings. The van der Waals surface area contributed by atoms with Gasteiger partial charge in [0.15, 0.2) is 0 Å². The number of esters is 1. The van der Waals surface area contributed by atoms with Crippen LogP contribution in [0.3, 0.4) is 0 Å². The Morgan fingerprint density at radius 1 is 1.35 bits per heavy atom. The number of hydrogen-bond acceptors (Lipinski definition) is 3. The largest absolute Gasteiger partial charge is 0.469 e. The summed E-state index contributed by atoms with van der Waals surface area (Å²) in [6.07, 6.45) is 0. The third kappa shape index (κ3) is 3.21. The molecular formula is C12H15BrClNO2. The average Bonchev–Trinajstić information content (AvgIpc) is 2.78. The van der Waals surface area contributed by atoms with Gasteiger partial charge >= 0.3 is 5.97 Å². The van der Waals surface area contributed by atoms with Gasteiger partial charge in [-0.15, -0.1) is 12.4 Å². The molecule has 0 aromatic heterocycles. The van der Waals surface area contributed by atoms with Crippen molar-refractivity contribution < 1.29 is 9.53 Å². The minimum atomic E-state index is -0.127. The summed E-state index contributed by atoms with van der Waals surface area (Å²) in [5, 5.41) is 3.24. The molecule has 1 fully saturated rings. The summed E-state index contributed by atoms with van der Waals surface area (Å²) in [4.78, 5) is 11.6. The van der Waals surface area contributed by atoms with E-state index in [1.807, 2.05) is 12.1 Å². The van der Waals surface area contributed by atoms with Crippen LogP contribution in [0, 0.1) is 5.92 Å². The standard InChI is InChI=1S/C12H14BrNO2.ClH/c1-16-12(15)11-7-14-6-10(11)8-2-4-9(13)5-3-8;/h2-5,10-11,14H,6-7H2,1H3;1H/t10-,11+;/m1./s1. The molecule has 0 radical (unpaired) electrons. The van der Waals surface area contributed by atoms with E-state index >= 15 is 0 Å². The lowest BCUT2D eigenvalue weighted by Crippen LogP contribution is -2.22. The fourth-order valence-electron chi connectivity index (χ4n) is 2.14. The number of hydrogen-bond donors (Lipinski definition) is 1. The third-order valence-electron chi connectivity index (χ3n) is 3.02. The summed E-state index contributed by atoms with van der Waals surface area (Å²) < 4.78 is 5.87. The van der Waals surface area contributed by atoms with Crippen molar-refractivity contribution in [3.8, 4) is 0 Å². The van der Waals surface area contributed by atoms with Crippen molar-refractivity contribution in [2.45, 2.75) is 5.92 Å². The Balaban J connectivity index is 0.00000144. The van der Waals surface area contributed by atoms with E-state index in [-0.39, 0.29) is 30.2 Å². The number of rotatable bonds is 2. The maximum Gasteiger partial charge on any atom is 0.310 e. The number of ether oxygens (including phenoxy) is 1. The number of carbonyl (C=O) groups excluding carboxylic acids is 1. The van der Waals surface area contributed by atoms with Crippen LogP contribution in [0.4, 0.5) is 0 Å². The van der Waals surface area contributed by atoms with Gasteiger partial charge in [0.25, 0.3) is 0 Å². The zero-order chi connectivity index (χ0) is 11.5. The zero-order valence-electron chi connectivity index (χ0n) is 9.48. The molecule has 2 rings (SSSR count). The first-order valence-electron chi connectivity index (χ1n) is 5.26. The lowest BCUT2D eigenvalue weighted by atomic mass is 9.89. The minimum absolute atomic E-state index is 0. The maximum atomic E-state index is 11.6. The predicted molar refractivity (Wildman–Crippen MR) is 72.5 cm³/mol. The van der Waals surface area contributed by atoms with Crippen molar-refractivity contribution in [1.82, 2.24) is 5.32 Å². The molecule has 2 atom stereocenters. The number of halogens is 2. The average molecular weight is 321 g/mol. The molecule has 0 aliphatic carbocycles. The smallest absolute Gasteiger partial charge is 0.310 e. The number of carbonyl (C=O) groups is 1. The van der Waals surface area contributed by atoms with E-state index in [0.717, 1.165) is 11.0 Å². The van der Waals surface area contributed by atoms with E-state index in [1.54, 1.807) is 0 Å². The van der Waals surface area contributed by atoms with Crippen LogP contribution < -0.4 is 5.32 Å². The summed E-state index contributed by atoms with van der Waals surface area (Å²) in [7, 11) is 1.44. The topological polar surface area (TPSA) is 38.3 Å². The van der Waals surface area contributed by atoms with Gasteiger partial charge in [0, 0.05) is 23.5 Å². The number of nitrogens with one attached hydrogen (secondary N) is 1. The summed E-state index contributed by atoms with van der Waals surface area (Å²) in [5.41, 5.74) is 1.18. The first-order valence-corrected chi connectivity index (χ1v) is 6.05. The second-order valence-electron chi connectivity index (χ2n) is 3.95. The van der Waals surface area contributed by atoms with Crippen LogP contribution in [0.2, 0.25) is 0 Å². The Kier molecular flexibility index (Phi) is 5.43. The highest BCUT2D eigenvalue weighted by Gasteiger charge is 2.34. The first kappa shape index (κ1) is 14.5. The highest BCUT2D eigenvalue weighted by Crippen LogP contribution is 2.29. The van der Waals surface area contributed by atoms with E-state index in [4.69, 9.17) is 4.74 Å². The molecule has 1 saturated heterocycles. The lowest BCUT2D eigenvalue weighted by Gasteiger charge is -2.16. The SMILES string of the molecule is COC(=O)[C@H]1CNC[C@@H]1c1ccc(Br)cc1.Cl. The highest BCUT2D eigenvalue weighted by molar-refractivity contribution is 9.10. The highest BCUT2D eigenvalue weighted by atomic mass is 79.9. The van der Waals surface area contributed by atoms with Crippen molar-refractivity contribution in [3.05, 3.63) is 34.3 Å². The molecule has 0 saturated carbocycles. The molecule has 0 unspecified atom stereocenters. The van der Waals surface area contributed by atoms with Crippen molar-refractivity contribution in [2.75, 3.05) is 20.2 Å². The molecule has 5 heteroatoms. The van der Waals surface area contributed by atoms with Gasteiger partial charge in [-0.1, -0.05) is 28.1 Å². The van der Waals surface area contributed by atoms with Crippen LogP contribution >= 0.6 is 28.3 Å². The first-order chi connectivity index (χ1) is 7.72. The molecular weight excluding hydrogens is 305 g/mol. The van der Waals surface area contributed by atoms with Crippen molar-refractivity contribution >= 4 is 34.3 Å². The summed E-state index contributed by atoms with van der Waals surface area (Å²) in [6, 6.07) is 8.11. The molecule has 94 valence electrons. The zero-order valence-corrected chi connectivity index (χ0v) is 11.9. The van der Waals surface area contributed by atoms with Gasteiger partial charge < -0.3 is 10.1 Å². The Morgan fingerprint density at radius 3 is 2.59 bits per heavy atom. The third-order valence-corrected chi connectivity index (χ3v) is 3.54. The van der Waals surface area contributed by atoms with E-state index in [2.05, 4.69) is 33.4 Å². The van der Waals surface area contributed by atoms with Gasteiger partial charge in [-0.3, -0.25) is 4.79 Å². The summed E-state index contributed by atoms with van der Waals surface area (Å²) in [6.45, 7) is 1.54. The number of methoxy groups -OCH3 is 1. The molecule has 1 heterocycles.